The first kappa shape index (κ1) is 20.9. The second-order valence-electron chi connectivity index (χ2n) is 7.28. The lowest BCUT2D eigenvalue weighted by atomic mass is 10.1. The Morgan fingerprint density at radius 2 is 2.00 bits per heavy atom. The maximum atomic E-state index is 14.6. The standard InChI is InChI=1S/C23H27FN2O3/c1-16-14-26(15-17(2)29-16)22-9-7-19(12-21(22)24)13-25-23(27)10-8-18-5-4-6-20(11-18)28-3/h4-12,16-17H,13-15H2,1-3H3,(H,25,27)/b10-8+. The maximum Gasteiger partial charge on any atom is 0.244 e. The number of carbonyl (C=O) groups is 1. The molecule has 0 bridgehead atoms. The van der Waals surface area contributed by atoms with Gasteiger partial charge in [0.15, 0.2) is 0 Å². The fourth-order valence-corrected chi connectivity index (χ4v) is 3.46. The van der Waals surface area contributed by atoms with Crippen LogP contribution in [-0.2, 0) is 16.1 Å². The fraction of sp³-hybridized carbons (Fsp3) is 0.348. The molecule has 1 aliphatic rings. The van der Waals surface area contributed by atoms with Crippen molar-refractivity contribution in [3.8, 4) is 5.75 Å². The summed E-state index contributed by atoms with van der Waals surface area (Å²) in [5.41, 5.74) is 2.15. The second-order valence-corrected chi connectivity index (χ2v) is 7.28. The number of amides is 1. The molecular weight excluding hydrogens is 371 g/mol. The topological polar surface area (TPSA) is 50.8 Å². The number of benzene rings is 2. The van der Waals surface area contributed by atoms with Crippen molar-refractivity contribution < 1.29 is 18.7 Å². The number of anilines is 1. The first-order valence-electron chi connectivity index (χ1n) is 9.73. The van der Waals surface area contributed by atoms with Gasteiger partial charge in [-0.3, -0.25) is 4.79 Å². The Labute approximate surface area is 171 Å². The minimum absolute atomic E-state index is 0.0634. The summed E-state index contributed by atoms with van der Waals surface area (Å²) in [6.07, 6.45) is 3.29. The van der Waals surface area contributed by atoms with Crippen LogP contribution < -0.4 is 15.0 Å². The Balaban J connectivity index is 1.57. The van der Waals surface area contributed by atoms with Crippen LogP contribution in [0.5, 0.6) is 5.75 Å². The smallest absolute Gasteiger partial charge is 0.244 e. The van der Waals surface area contributed by atoms with Crippen molar-refractivity contribution in [3.05, 3.63) is 65.5 Å². The third kappa shape index (κ3) is 5.81. The molecule has 0 aromatic heterocycles. The van der Waals surface area contributed by atoms with Gasteiger partial charge in [-0.2, -0.15) is 0 Å². The highest BCUT2D eigenvalue weighted by Crippen LogP contribution is 2.24. The molecule has 1 heterocycles. The van der Waals surface area contributed by atoms with E-state index < -0.39 is 0 Å². The number of nitrogens with one attached hydrogen (secondary N) is 1. The zero-order chi connectivity index (χ0) is 20.8. The Bertz CT molecular complexity index is 874. The van der Waals surface area contributed by atoms with Gasteiger partial charge in [-0.1, -0.05) is 18.2 Å². The zero-order valence-electron chi connectivity index (χ0n) is 17.0. The first-order valence-corrected chi connectivity index (χ1v) is 9.73. The normalized spacial score (nSPS) is 19.4. The van der Waals surface area contributed by atoms with Crippen molar-refractivity contribution in [3.63, 3.8) is 0 Å². The van der Waals surface area contributed by atoms with E-state index in [2.05, 4.69) is 5.32 Å². The van der Waals surface area contributed by atoms with Gasteiger partial charge in [0.2, 0.25) is 5.91 Å². The van der Waals surface area contributed by atoms with Crippen LogP contribution in [-0.4, -0.2) is 38.3 Å². The predicted molar refractivity (Wildman–Crippen MR) is 112 cm³/mol. The van der Waals surface area contributed by atoms with E-state index in [1.165, 1.54) is 12.1 Å². The van der Waals surface area contributed by atoms with E-state index in [0.717, 1.165) is 11.3 Å². The summed E-state index contributed by atoms with van der Waals surface area (Å²) in [4.78, 5) is 14.1. The largest absolute Gasteiger partial charge is 0.497 e. The van der Waals surface area contributed by atoms with Crippen molar-refractivity contribution in [1.29, 1.82) is 0 Å². The molecule has 3 rings (SSSR count). The average Bonchev–Trinajstić information content (AvgIpc) is 2.70. The Morgan fingerprint density at radius 3 is 2.69 bits per heavy atom. The van der Waals surface area contributed by atoms with Crippen LogP contribution in [0, 0.1) is 5.82 Å². The predicted octanol–water partition coefficient (Wildman–Crippen LogP) is 3.78. The third-order valence-electron chi connectivity index (χ3n) is 4.76. The molecule has 1 amide bonds. The molecule has 0 radical (unpaired) electrons. The van der Waals surface area contributed by atoms with Crippen molar-refractivity contribution in [1.82, 2.24) is 5.32 Å². The van der Waals surface area contributed by atoms with Gasteiger partial charge < -0.3 is 19.7 Å². The molecule has 154 valence electrons. The van der Waals surface area contributed by atoms with Gasteiger partial charge in [0.25, 0.3) is 0 Å². The van der Waals surface area contributed by atoms with Crippen LogP contribution in [0.2, 0.25) is 0 Å². The monoisotopic (exact) mass is 398 g/mol. The molecule has 29 heavy (non-hydrogen) atoms. The molecule has 2 aromatic rings. The molecule has 0 aliphatic carbocycles. The highest BCUT2D eigenvalue weighted by atomic mass is 19.1. The van der Waals surface area contributed by atoms with Crippen LogP contribution in [0.4, 0.5) is 10.1 Å². The number of ether oxygens (including phenoxy) is 2. The molecule has 1 aliphatic heterocycles. The summed E-state index contributed by atoms with van der Waals surface area (Å²) in [7, 11) is 1.60. The number of nitrogens with zero attached hydrogens (tertiary/aromatic N) is 1. The summed E-state index contributed by atoms with van der Waals surface area (Å²) in [5.74, 6) is 0.199. The molecule has 2 unspecified atom stereocenters. The number of rotatable bonds is 6. The fourth-order valence-electron chi connectivity index (χ4n) is 3.46. The number of morpholine rings is 1. The van der Waals surface area contributed by atoms with E-state index in [1.54, 1.807) is 19.3 Å². The molecular formula is C23H27FN2O3. The van der Waals surface area contributed by atoms with Crippen LogP contribution in [0.25, 0.3) is 6.08 Å². The van der Waals surface area contributed by atoms with Crippen LogP contribution >= 0.6 is 0 Å². The van der Waals surface area contributed by atoms with E-state index in [0.29, 0.717) is 24.3 Å². The van der Waals surface area contributed by atoms with E-state index in [-0.39, 0.29) is 30.5 Å². The van der Waals surface area contributed by atoms with Gasteiger partial charge >= 0.3 is 0 Å². The first-order chi connectivity index (χ1) is 13.9. The van der Waals surface area contributed by atoms with Gasteiger partial charge in [0.05, 0.1) is 25.0 Å². The number of carbonyl (C=O) groups excluding carboxylic acids is 1. The lowest BCUT2D eigenvalue weighted by Crippen LogP contribution is -2.45. The molecule has 2 aromatic carbocycles. The van der Waals surface area contributed by atoms with Gasteiger partial charge in [0, 0.05) is 25.7 Å². The summed E-state index contributed by atoms with van der Waals surface area (Å²) in [5, 5.41) is 2.78. The van der Waals surface area contributed by atoms with E-state index >= 15 is 0 Å². The number of halogens is 1. The molecule has 0 spiro atoms. The lowest BCUT2D eigenvalue weighted by Gasteiger charge is -2.37. The second kappa shape index (κ2) is 9.56. The minimum atomic E-state index is -0.287. The number of methoxy groups -OCH3 is 1. The minimum Gasteiger partial charge on any atom is -0.497 e. The summed E-state index contributed by atoms with van der Waals surface area (Å²) < 4.78 is 25.5. The Morgan fingerprint density at radius 1 is 1.24 bits per heavy atom. The van der Waals surface area contributed by atoms with E-state index in [1.807, 2.05) is 49.1 Å². The molecule has 0 saturated carbocycles. The molecule has 1 fully saturated rings. The molecule has 6 heteroatoms. The van der Waals surface area contributed by atoms with Crippen molar-refractivity contribution in [2.45, 2.75) is 32.6 Å². The summed E-state index contributed by atoms with van der Waals surface area (Å²) >= 11 is 0. The number of hydrogen-bond donors (Lipinski definition) is 1. The number of hydrogen-bond acceptors (Lipinski definition) is 4. The molecule has 1 N–H and O–H groups in total. The van der Waals surface area contributed by atoms with Crippen molar-refractivity contribution in [2.75, 3.05) is 25.1 Å². The van der Waals surface area contributed by atoms with Gasteiger partial charge in [0.1, 0.15) is 11.6 Å². The van der Waals surface area contributed by atoms with Gasteiger partial charge in [-0.25, -0.2) is 4.39 Å². The summed E-state index contributed by atoms with van der Waals surface area (Å²) in [6.45, 7) is 5.56. The maximum absolute atomic E-state index is 14.6. The van der Waals surface area contributed by atoms with Crippen LogP contribution in [0.1, 0.15) is 25.0 Å². The molecule has 2 atom stereocenters. The van der Waals surface area contributed by atoms with Gasteiger partial charge in [-0.15, -0.1) is 0 Å². The van der Waals surface area contributed by atoms with E-state index in [9.17, 15) is 9.18 Å². The SMILES string of the molecule is COc1cccc(/C=C/C(=O)NCc2ccc(N3CC(C)OC(C)C3)c(F)c2)c1. The highest BCUT2D eigenvalue weighted by Gasteiger charge is 2.24. The zero-order valence-corrected chi connectivity index (χ0v) is 17.0. The van der Waals surface area contributed by atoms with Gasteiger partial charge in [-0.05, 0) is 55.3 Å². The van der Waals surface area contributed by atoms with Crippen molar-refractivity contribution in [2.24, 2.45) is 0 Å². The summed E-state index contributed by atoms with van der Waals surface area (Å²) in [6, 6.07) is 12.5. The highest BCUT2D eigenvalue weighted by molar-refractivity contribution is 5.91. The third-order valence-corrected chi connectivity index (χ3v) is 4.76. The average molecular weight is 398 g/mol. The Hall–Kier alpha value is -2.86. The van der Waals surface area contributed by atoms with Crippen molar-refractivity contribution >= 4 is 17.7 Å². The van der Waals surface area contributed by atoms with Crippen LogP contribution in [0.15, 0.2) is 48.5 Å². The lowest BCUT2D eigenvalue weighted by molar-refractivity contribution is -0.116. The van der Waals surface area contributed by atoms with E-state index in [4.69, 9.17) is 9.47 Å². The Kier molecular flexibility index (Phi) is 6.88. The molecule has 5 nitrogen and oxygen atoms in total. The molecule has 1 saturated heterocycles. The van der Waals surface area contributed by atoms with Crippen LogP contribution in [0.3, 0.4) is 0 Å². The quantitative estimate of drug-likeness (QED) is 0.753.